The second kappa shape index (κ2) is 4.42. The van der Waals surface area contributed by atoms with Gasteiger partial charge in [0, 0.05) is 30.0 Å². The third-order valence-corrected chi connectivity index (χ3v) is 3.43. The summed E-state index contributed by atoms with van der Waals surface area (Å²) in [4.78, 5) is 26.5. The van der Waals surface area contributed by atoms with Crippen molar-refractivity contribution in [2.24, 2.45) is 5.92 Å². The van der Waals surface area contributed by atoms with E-state index in [9.17, 15) is 14.9 Å². The maximum atomic E-state index is 11.9. The Kier molecular flexibility index (Phi) is 2.74. The SMILES string of the molecule is O=C(Cc1ccc([N+](=O)[O-])c2ncccc12)C1CC1. The number of Topliss-reactive ketones (excluding diaryl/α,β-unsaturated/α-hetero) is 1. The van der Waals surface area contributed by atoms with E-state index in [4.69, 9.17) is 0 Å². The van der Waals surface area contributed by atoms with Crippen molar-refractivity contribution >= 4 is 22.4 Å². The van der Waals surface area contributed by atoms with Gasteiger partial charge in [-0.15, -0.1) is 0 Å². The fraction of sp³-hybridized carbons (Fsp3) is 0.286. The zero-order valence-corrected chi connectivity index (χ0v) is 10.2. The van der Waals surface area contributed by atoms with Crippen molar-refractivity contribution in [3.8, 4) is 0 Å². The molecule has 1 aliphatic carbocycles. The van der Waals surface area contributed by atoms with Crippen molar-refractivity contribution in [3.05, 3.63) is 46.1 Å². The lowest BCUT2D eigenvalue weighted by Gasteiger charge is -2.05. The number of rotatable bonds is 4. The minimum Gasteiger partial charge on any atom is -0.299 e. The van der Waals surface area contributed by atoms with Crippen LogP contribution in [-0.4, -0.2) is 15.7 Å². The van der Waals surface area contributed by atoms with Crippen LogP contribution in [0.2, 0.25) is 0 Å². The van der Waals surface area contributed by atoms with E-state index in [0.717, 1.165) is 18.4 Å². The average Bonchev–Trinajstić information content (AvgIpc) is 3.23. The molecule has 0 aliphatic heterocycles. The minimum atomic E-state index is -0.443. The van der Waals surface area contributed by atoms with Gasteiger partial charge in [-0.1, -0.05) is 12.1 Å². The number of ketones is 1. The summed E-state index contributed by atoms with van der Waals surface area (Å²) in [6.45, 7) is 0. The van der Waals surface area contributed by atoms with Crippen molar-refractivity contribution in [1.29, 1.82) is 0 Å². The Morgan fingerprint density at radius 3 is 2.84 bits per heavy atom. The van der Waals surface area contributed by atoms with E-state index in [-0.39, 0.29) is 17.4 Å². The Morgan fingerprint density at radius 1 is 1.37 bits per heavy atom. The fourth-order valence-electron chi connectivity index (χ4n) is 2.26. The number of hydrogen-bond acceptors (Lipinski definition) is 4. The summed E-state index contributed by atoms with van der Waals surface area (Å²) in [5.41, 5.74) is 1.16. The number of aromatic nitrogens is 1. The third kappa shape index (κ3) is 2.19. The Labute approximate surface area is 109 Å². The molecule has 5 heteroatoms. The van der Waals surface area contributed by atoms with Crippen LogP contribution in [0.4, 0.5) is 5.69 Å². The van der Waals surface area contributed by atoms with Gasteiger partial charge in [0.25, 0.3) is 5.69 Å². The highest BCUT2D eigenvalue weighted by molar-refractivity contribution is 5.94. The molecule has 1 aromatic carbocycles. The van der Waals surface area contributed by atoms with Crippen LogP contribution in [0.5, 0.6) is 0 Å². The van der Waals surface area contributed by atoms with Gasteiger partial charge in [0.05, 0.1) is 4.92 Å². The molecule has 2 aromatic rings. The van der Waals surface area contributed by atoms with Gasteiger partial charge in [0.15, 0.2) is 0 Å². The topological polar surface area (TPSA) is 73.1 Å². The van der Waals surface area contributed by atoms with Gasteiger partial charge in [0.1, 0.15) is 11.3 Å². The van der Waals surface area contributed by atoms with E-state index in [1.165, 1.54) is 12.3 Å². The van der Waals surface area contributed by atoms with Crippen LogP contribution in [0.1, 0.15) is 18.4 Å². The Bertz CT molecular complexity index is 677. The van der Waals surface area contributed by atoms with E-state index in [1.807, 2.05) is 0 Å². The highest BCUT2D eigenvalue weighted by Gasteiger charge is 2.29. The predicted octanol–water partition coefficient (Wildman–Crippen LogP) is 2.66. The van der Waals surface area contributed by atoms with Gasteiger partial charge in [0.2, 0.25) is 0 Å². The molecule has 1 heterocycles. The van der Waals surface area contributed by atoms with Crippen molar-refractivity contribution < 1.29 is 9.72 Å². The lowest BCUT2D eigenvalue weighted by molar-refractivity contribution is -0.383. The fourth-order valence-corrected chi connectivity index (χ4v) is 2.26. The second-order valence-electron chi connectivity index (χ2n) is 4.82. The number of hydrogen-bond donors (Lipinski definition) is 0. The molecule has 1 saturated carbocycles. The molecule has 3 rings (SSSR count). The number of fused-ring (bicyclic) bond motifs is 1. The number of carbonyl (C=O) groups is 1. The van der Waals surface area contributed by atoms with Gasteiger partial charge in [-0.3, -0.25) is 14.9 Å². The van der Waals surface area contributed by atoms with E-state index < -0.39 is 4.92 Å². The van der Waals surface area contributed by atoms with E-state index in [2.05, 4.69) is 4.98 Å². The number of nitrogens with zero attached hydrogens (tertiary/aromatic N) is 2. The number of carbonyl (C=O) groups excluding carboxylic acids is 1. The summed E-state index contributed by atoms with van der Waals surface area (Å²) in [7, 11) is 0. The number of nitro groups is 1. The number of non-ortho nitro benzene ring substituents is 1. The standard InChI is InChI=1S/C14H12N2O3/c17-13(9-3-4-9)8-10-5-6-12(16(18)19)14-11(10)2-1-7-15-14/h1-2,5-7,9H,3-4,8H2. The van der Waals surface area contributed by atoms with Gasteiger partial charge in [-0.05, 0) is 24.5 Å². The molecule has 0 spiro atoms. The first-order valence-corrected chi connectivity index (χ1v) is 6.20. The molecule has 0 atom stereocenters. The monoisotopic (exact) mass is 256 g/mol. The molecular weight excluding hydrogens is 244 g/mol. The quantitative estimate of drug-likeness (QED) is 0.622. The maximum Gasteiger partial charge on any atom is 0.295 e. The smallest absolute Gasteiger partial charge is 0.295 e. The predicted molar refractivity (Wildman–Crippen MR) is 69.8 cm³/mol. The summed E-state index contributed by atoms with van der Waals surface area (Å²) in [6, 6.07) is 6.62. The van der Waals surface area contributed by atoms with Crippen LogP contribution in [-0.2, 0) is 11.2 Å². The maximum absolute atomic E-state index is 11.9. The van der Waals surface area contributed by atoms with E-state index in [0.29, 0.717) is 17.3 Å². The highest BCUT2D eigenvalue weighted by Crippen LogP contribution is 2.33. The Balaban J connectivity index is 2.08. The van der Waals surface area contributed by atoms with Crippen LogP contribution < -0.4 is 0 Å². The van der Waals surface area contributed by atoms with Gasteiger partial charge < -0.3 is 0 Å². The first kappa shape index (κ1) is 11.8. The number of pyridine rings is 1. The van der Waals surface area contributed by atoms with E-state index in [1.54, 1.807) is 18.2 Å². The largest absolute Gasteiger partial charge is 0.299 e. The molecule has 5 nitrogen and oxygen atoms in total. The van der Waals surface area contributed by atoms with Gasteiger partial charge >= 0.3 is 0 Å². The second-order valence-corrected chi connectivity index (χ2v) is 4.82. The Hall–Kier alpha value is -2.30. The molecule has 0 saturated heterocycles. The van der Waals surface area contributed by atoms with Crippen molar-refractivity contribution in [1.82, 2.24) is 4.98 Å². The van der Waals surface area contributed by atoms with E-state index >= 15 is 0 Å². The summed E-state index contributed by atoms with van der Waals surface area (Å²) in [5, 5.41) is 11.7. The molecule has 0 radical (unpaired) electrons. The lowest BCUT2D eigenvalue weighted by atomic mass is 10.0. The summed E-state index contributed by atoms with van der Waals surface area (Å²) in [5.74, 6) is 0.418. The highest BCUT2D eigenvalue weighted by atomic mass is 16.6. The summed E-state index contributed by atoms with van der Waals surface area (Å²) >= 11 is 0. The van der Waals surface area contributed by atoms with Crippen LogP contribution in [0.15, 0.2) is 30.5 Å². The van der Waals surface area contributed by atoms with Crippen LogP contribution >= 0.6 is 0 Å². The van der Waals surface area contributed by atoms with Crippen molar-refractivity contribution in [2.75, 3.05) is 0 Å². The van der Waals surface area contributed by atoms with Gasteiger partial charge in [-0.25, -0.2) is 4.98 Å². The summed E-state index contributed by atoms with van der Waals surface area (Å²) < 4.78 is 0. The Morgan fingerprint density at radius 2 is 2.16 bits per heavy atom. The number of benzene rings is 1. The first-order valence-electron chi connectivity index (χ1n) is 6.20. The average molecular weight is 256 g/mol. The first-order chi connectivity index (χ1) is 9.16. The van der Waals surface area contributed by atoms with Crippen molar-refractivity contribution in [2.45, 2.75) is 19.3 Å². The molecular formula is C14H12N2O3. The zero-order chi connectivity index (χ0) is 13.4. The molecule has 0 unspecified atom stereocenters. The normalized spacial score (nSPS) is 14.5. The molecule has 1 aromatic heterocycles. The van der Waals surface area contributed by atoms with Crippen LogP contribution in [0.3, 0.4) is 0 Å². The summed E-state index contributed by atoms with van der Waals surface area (Å²) in [6.07, 6.45) is 3.82. The minimum absolute atomic E-state index is 0.0155. The zero-order valence-electron chi connectivity index (χ0n) is 10.2. The van der Waals surface area contributed by atoms with Crippen LogP contribution in [0, 0.1) is 16.0 Å². The van der Waals surface area contributed by atoms with Gasteiger partial charge in [-0.2, -0.15) is 0 Å². The number of nitro benzene ring substituents is 1. The molecule has 1 aliphatic rings. The molecule has 19 heavy (non-hydrogen) atoms. The molecule has 0 N–H and O–H groups in total. The molecule has 96 valence electrons. The molecule has 0 amide bonds. The lowest BCUT2D eigenvalue weighted by Crippen LogP contribution is -2.05. The molecule has 1 fully saturated rings. The van der Waals surface area contributed by atoms with Crippen molar-refractivity contribution in [3.63, 3.8) is 0 Å². The molecule has 0 bridgehead atoms. The third-order valence-electron chi connectivity index (χ3n) is 3.43. The van der Waals surface area contributed by atoms with Crippen LogP contribution in [0.25, 0.3) is 10.9 Å².